The molecule has 0 N–H and O–H groups in total. The summed E-state index contributed by atoms with van der Waals surface area (Å²) in [5, 5.41) is 0. The van der Waals surface area contributed by atoms with Crippen LogP contribution in [0.1, 0.15) is 17.1 Å². The molecule has 4 nitrogen and oxygen atoms in total. The third-order valence-electron chi connectivity index (χ3n) is 3.90. The molecule has 0 bridgehead atoms. The molecular weight excluding hydrogens is 260 g/mol. The summed E-state index contributed by atoms with van der Waals surface area (Å²) in [4.78, 5) is 13.8. The van der Waals surface area contributed by atoms with E-state index < -0.39 is 0 Å². The summed E-state index contributed by atoms with van der Waals surface area (Å²) in [6.45, 7) is 9.25. The standard InChI is InChI=1S/C17H22N4/c1-14-12-17(19-15(2)18-14)21-10-8-20(9-11-21)13-16-6-4-3-5-7-16/h3-7,12H,8-11,13H2,1-2H3. The zero-order valence-electron chi connectivity index (χ0n) is 12.8. The maximum Gasteiger partial charge on any atom is 0.132 e. The first-order valence-corrected chi connectivity index (χ1v) is 7.54. The summed E-state index contributed by atoms with van der Waals surface area (Å²) in [6.07, 6.45) is 0. The molecule has 2 aromatic rings. The van der Waals surface area contributed by atoms with Crippen molar-refractivity contribution < 1.29 is 0 Å². The van der Waals surface area contributed by atoms with Crippen LogP contribution in [0.3, 0.4) is 0 Å². The Bertz CT molecular complexity index is 569. The van der Waals surface area contributed by atoms with Gasteiger partial charge in [0.25, 0.3) is 0 Å². The molecule has 1 aliphatic heterocycles. The van der Waals surface area contributed by atoms with Crippen LogP contribution < -0.4 is 4.90 Å². The van der Waals surface area contributed by atoms with Crippen molar-refractivity contribution in [2.24, 2.45) is 0 Å². The molecule has 0 spiro atoms. The zero-order chi connectivity index (χ0) is 14.7. The predicted octanol–water partition coefficient (Wildman–Crippen LogP) is 2.42. The number of aromatic nitrogens is 2. The Kier molecular flexibility index (Phi) is 4.15. The summed E-state index contributed by atoms with van der Waals surface area (Å²) in [5.74, 6) is 1.93. The first kappa shape index (κ1) is 14.0. The van der Waals surface area contributed by atoms with Gasteiger partial charge in [-0.2, -0.15) is 0 Å². The highest BCUT2D eigenvalue weighted by molar-refractivity contribution is 5.40. The lowest BCUT2D eigenvalue weighted by Crippen LogP contribution is -2.46. The monoisotopic (exact) mass is 282 g/mol. The fourth-order valence-electron chi connectivity index (χ4n) is 2.84. The third kappa shape index (κ3) is 3.58. The molecule has 1 aromatic carbocycles. The van der Waals surface area contributed by atoms with Crippen LogP contribution in [-0.4, -0.2) is 41.0 Å². The van der Waals surface area contributed by atoms with Gasteiger partial charge in [-0.1, -0.05) is 30.3 Å². The van der Waals surface area contributed by atoms with Crippen LogP contribution in [0.15, 0.2) is 36.4 Å². The second kappa shape index (κ2) is 6.22. The van der Waals surface area contributed by atoms with Crippen LogP contribution in [0.25, 0.3) is 0 Å². The molecule has 0 aliphatic carbocycles. The van der Waals surface area contributed by atoms with E-state index in [2.05, 4.69) is 56.2 Å². The van der Waals surface area contributed by atoms with Gasteiger partial charge in [0.15, 0.2) is 0 Å². The highest BCUT2D eigenvalue weighted by Gasteiger charge is 2.18. The molecule has 0 amide bonds. The Hall–Kier alpha value is -1.94. The lowest BCUT2D eigenvalue weighted by molar-refractivity contribution is 0.249. The Balaban J connectivity index is 1.60. The van der Waals surface area contributed by atoms with Crippen molar-refractivity contribution in [3.8, 4) is 0 Å². The molecule has 0 radical (unpaired) electrons. The highest BCUT2D eigenvalue weighted by Crippen LogP contribution is 2.16. The molecule has 4 heteroatoms. The van der Waals surface area contributed by atoms with E-state index in [0.717, 1.165) is 50.1 Å². The molecule has 2 heterocycles. The minimum Gasteiger partial charge on any atom is -0.354 e. The van der Waals surface area contributed by atoms with Crippen molar-refractivity contribution in [3.63, 3.8) is 0 Å². The summed E-state index contributed by atoms with van der Waals surface area (Å²) in [6, 6.07) is 12.8. The van der Waals surface area contributed by atoms with E-state index in [0.29, 0.717) is 0 Å². The first-order valence-electron chi connectivity index (χ1n) is 7.54. The number of rotatable bonds is 3. The topological polar surface area (TPSA) is 32.3 Å². The van der Waals surface area contributed by atoms with Gasteiger partial charge >= 0.3 is 0 Å². The van der Waals surface area contributed by atoms with Crippen molar-refractivity contribution in [2.45, 2.75) is 20.4 Å². The van der Waals surface area contributed by atoms with Gasteiger partial charge in [-0.25, -0.2) is 9.97 Å². The van der Waals surface area contributed by atoms with Crippen LogP contribution in [0, 0.1) is 13.8 Å². The second-order valence-electron chi connectivity index (χ2n) is 5.66. The van der Waals surface area contributed by atoms with E-state index in [1.807, 2.05) is 13.8 Å². The minimum atomic E-state index is 0.858. The normalized spacial score (nSPS) is 16.2. The largest absolute Gasteiger partial charge is 0.354 e. The van der Waals surface area contributed by atoms with Crippen LogP contribution in [0.4, 0.5) is 5.82 Å². The van der Waals surface area contributed by atoms with Crippen molar-refractivity contribution in [2.75, 3.05) is 31.1 Å². The number of anilines is 1. The molecule has 0 atom stereocenters. The molecular formula is C17H22N4. The van der Waals surface area contributed by atoms with E-state index in [4.69, 9.17) is 0 Å². The van der Waals surface area contributed by atoms with E-state index in [1.165, 1.54) is 5.56 Å². The van der Waals surface area contributed by atoms with Gasteiger partial charge in [0, 0.05) is 44.5 Å². The highest BCUT2D eigenvalue weighted by atomic mass is 15.3. The minimum absolute atomic E-state index is 0.858. The molecule has 0 unspecified atom stereocenters. The Morgan fingerprint density at radius 1 is 0.952 bits per heavy atom. The summed E-state index contributed by atoms with van der Waals surface area (Å²) >= 11 is 0. The Morgan fingerprint density at radius 2 is 1.67 bits per heavy atom. The quantitative estimate of drug-likeness (QED) is 0.865. The van der Waals surface area contributed by atoms with Gasteiger partial charge in [0.1, 0.15) is 11.6 Å². The average molecular weight is 282 g/mol. The van der Waals surface area contributed by atoms with Gasteiger partial charge in [0.2, 0.25) is 0 Å². The summed E-state index contributed by atoms with van der Waals surface area (Å²) in [5.41, 5.74) is 2.43. The fraction of sp³-hybridized carbons (Fsp3) is 0.412. The van der Waals surface area contributed by atoms with Crippen LogP contribution in [-0.2, 0) is 6.54 Å². The molecule has 21 heavy (non-hydrogen) atoms. The van der Waals surface area contributed by atoms with Gasteiger partial charge in [-0.15, -0.1) is 0 Å². The molecule has 3 rings (SSSR count). The SMILES string of the molecule is Cc1cc(N2CCN(Cc3ccccc3)CC2)nc(C)n1. The predicted molar refractivity (Wildman–Crippen MR) is 85.4 cm³/mol. The smallest absolute Gasteiger partial charge is 0.132 e. The molecule has 1 fully saturated rings. The van der Waals surface area contributed by atoms with E-state index in [1.54, 1.807) is 0 Å². The average Bonchev–Trinajstić information content (AvgIpc) is 2.48. The molecule has 1 aromatic heterocycles. The van der Waals surface area contributed by atoms with Crippen LogP contribution >= 0.6 is 0 Å². The number of nitrogens with zero attached hydrogens (tertiary/aromatic N) is 4. The van der Waals surface area contributed by atoms with Gasteiger partial charge in [0.05, 0.1) is 0 Å². The number of benzene rings is 1. The van der Waals surface area contributed by atoms with Gasteiger partial charge < -0.3 is 4.90 Å². The zero-order valence-corrected chi connectivity index (χ0v) is 12.8. The summed E-state index contributed by atoms with van der Waals surface area (Å²) in [7, 11) is 0. The van der Waals surface area contributed by atoms with E-state index in [-0.39, 0.29) is 0 Å². The van der Waals surface area contributed by atoms with Crippen LogP contribution in [0.2, 0.25) is 0 Å². The third-order valence-corrected chi connectivity index (χ3v) is 3.90. The number of hydrogen-bond acceptors (Lipinski definition) is 4. The lowest BCUT2D eigenvalue weighted by Gasteiger charge is -2.35. The van der Waals surface area contributed by atoms with Crippen molar-refractivity contribution in [1.82, 2.24) is 14.9 Å². The maximum absolute atomic E-state index is 4.56. The fourth-order valence-corrected chi connectivity index (χ4v) is 2.84. The maximum atomic E-state index is 4.56. The molecule has 1 saturated heterocycles. The van der Waals surface area contributed by atoms with Gasteiger partial charge in [-0.3, -0.25) is 4.90 Å². The number of piperazine rings is 1. The lowest BCUT2D eigenvalue weighted by atomic mass is 10.2. The number of aryl methyl sites for hydroxylation is 2. The van der Waals surface area contributed by atoms with E-state index >= 15 is 0 Å². The first-order chi connectivity index (χ1) is 10.2. The summed E-state index contributed by atoms with van der Waals surface area (Å²) < 4.78 is 0. The number of hydrogen-bond donors (Lipinski definition) is 0. The van der Waals surface area contributed by atoms with Crippen molar-refractivity contribution in [3.05, 3.63) is 53.5 Å². The van der Waals surface area contributed by atoms with Crippen molar-refractivity contribution >= 4 is 5.82 Å². The van der Waals surface area contributed by atoms with Crippen molar-refractivity contribution in [1.29, 1.82) is 0 Å². The molecule has 1 aliphatic rings. The molecule has 110 valence electrons. The Morgan fingerprint density at radius 3 is 2.33 bits per heavy atom. The van der Waals surface area contributed by atoms with Gasteiger partial charge in [-0.05, 0) is 19.4 Å². The van der Waals surface area contributed by atoms with E-state index in [9.17, 15) is 0 Å². The Labute approximate surface area is 126 Å². The second-order valence-corrected chi connectivity index (χ2v) is 5.66. The molecule has 0 saturated carbocycles. The van der Waals surface area contributed by atoms with Crippen LogP contribution in [0.5, 0.6) is 0 Å².